The molecule has 0 unspecified atom stereocenters. The molecule has 0 aromatic heterocycles. The summed E-state index contributed by atoms with van der Waals surface area (Å²) in [5.74, 6) is -0.313. The van der Waals surface area contributed by atoms with Gasteiger partial charge in [-0.05, 0) is 11.5 Å². The Balaban J connectivity index is 2.53. The van der Waals surface area contributed by atoms with Crippen LogP contribution in [0.15, 0.2) is 12.2 Å². The van der Waals surface area contributed by atoms with Crippen molar-refractivity contribution in [1.29, 1.82) is 0 Å². The van der Waals surface area contributed by atoms with Crippen LogP contribution in [0.25, 0.3) is 0 Å². The van der Waals surface area contributed by atoms with Gasteiger partial charge in [-0.1, -0.05) is 26.8 Å². The SMILES string of the molecule is CC(C)(C)/C=C/[C@@H]1C[C@@H](O)CC(=O)O1. The third-order valence-electron chi connectivity index (χ3n) is 2.00. The number of hydrogen-bond acceptors (Lipinski definition) is 3. The molecule has 3 heteroatoms. The predicted octanol–water partition coefficient (Wildman–Crippen LogP) is 1.66. The number of ether oxygens (including phenoxy) is 1. The van der Waals surface area contributed by atoms with Crippen molar-refractivity contribution in [3.63, 3.8) is 0 Å². The van der Waals surface area contributed by atoms with Crippen molar-refractivity contribution in [1.82, 2.24) is 0 Å². The maximum Gasteiger partial charge on any atom is 0.309 e. The third kappa shape index (κ3) is 3.92. The Hall–Kier alpha value is -0.830. The van der Waals surface area contributed by atoms with Crippen LogP contribution in [-0.2, 0) is 9.53 Å². The molecule has 14 heavy (non-hydrogen) atoms. The van der Waals surface area contributed by atoms with Crippen molar-refractivity contribution in [2.24, 2.45) is 5.41 Å². The summed E-state index contributed by atoms with van der Waals surface area (Å²) in [6, 6.07) is 0. The topological polar surface area (TPSA) is 46.5 Å². The second-order valence-corrected chi connectivity index (χ2v) is 4.85. The number of hydrogen-bond donors (Lipinski definition) is 1. The molecule has 1 rings (SSSR count). The third-order valence-corrected chi connectivity index (χ3v) is 2.00. The van der Waals surface area contributed by atoms with Gasteiger partial charge in [0.2, 0.25) is 0 Å². The standard InChI is InChI=1S/C11H18O3/c1-11(2,3)5-4-9-6-8(12)7-10(13)14-9/h4-5,8-9,12H,6-7H2,1-3H3/b5-4+/t8-,9-/m1/s1. The average molecular weight is 198 g/mol. The van der Waals surface area contributed by atoms with E-state index in [-0.39, 0.29) is 23.9 Å². The van der Waals surface area contributed by atoms with E-state index in [1.807, 2.05) is 12.2 Å². The van der Waals surface area contributed by atoms with E-state index in [0.717, 1.165) is 0 Å². The van der Waals surface area contributed by atoms with E-state index in [1.54, 1.807) is 0 Å². The van der Waals surface area contributed by atoms with Gasteiger partial charge >= 0.3 is 5.97 Å². The number of esters is 1. The first-order chi connectivity index (χ1) is 6.37. The Morgan fingerprint density at radius 3 is 2.64 bits per heavy atom. The molecular weight excluding hydrogens is 180 g/mol. The van der Waals surface area contributed by atoms with Crippen LogP contribution >= 0.6 is 0 Å². The van der Waals surface area contributed by atoms with Crippen LogP contribution in [0.5, 0.6) is 0 Å². The maximum atomic E-state index is 11.0. The van der Waals surface area contributed by atoms with Gasteiger partial charge < -0.3 is 9.84 Å². The highest BCUT2D eigenvalue weighted by atomic mass is 16.5. The van der Waals surface area contributed by atoms with Gasteiger partial charge in [0.15, 0.2) is 0 Å². The van der Waals surface area contributed by atoms with Gasteiger partial charge in [0.25, 0.3) is 0 Å². The summed E-state index contributed by atoms with van der Waals surface area (Å²) in [4.78, 5) is 11.0. The van der Waals surface area contributed by atoms with E-state index in [9.17, 15) is 9.90 Å². The minimum Gasteiger partial charge on any atom is -0.458 e. The summed E-state index contributed by atoms with van der Waals surface area (Å²) in [6.45, 7) is 6.22. The van der Waals surface area contributed by atoms with Crippen LogP contribution in [0.4, 0.5) is 0 Å². The Labute approximate surface area is 84.8 Å². The number of rotatable bonds is 1. The molecule has 0 spiro atoms. The number of carbonyl (C=O) groups is 1. The van der Waals surface area contributed by atoms with Crippen molar-refractivity contribution in [2.75, 3.05) is 0 Å². The summed E-state index contributed by atoms with van der Waals surface area (Å²) in [5.41, 5.74) is 0.0782. The highest BCUT2D eigenvalue weighted by Crippen LogP contribution is 2.20. The summed E-state index contributed by atoms with van der Waals surface area (Å²) in [7, 11) is 0. The molecule has 1 heterocycles. The van der Waals surface area contributed by atoms with Crippen molar-refractivity contribution in [3.05, 3.63) is 12.2 Å². The first kappa shape index (κ1) is 11.2. The van der Waals surface area contributed by atoms with E-state index in [1.165, 1.54) is 0 Å². The highest BCUT2D eigenvalue weighted by Gasteiger charge is 2.25. The van der Waals surface area contributed by atoms with E-state index >= 15 is 0 Å². The average Bonchev–Trinajstić information content (AvgIpc) is 1.97. The van der Waals surface area contributed by atoms with E-state index in [4.69, 9.17) is 4.74 Å². The number of allylic oxidation sites excluding steroid dienone is 1. The molecule has 0 bridgehead atoms. The fourth-order valence-electron chi connectivity index (χ4n) is 1.32. The van der Waals surface area contributed by atoms with Crippen LogP contribution in [-0.4, -0.2) is 23.3 Å². The largest absolute Gasteiger partial charge is 0.458 e. The Morgan fingerprint density at radius 2 is 2.14 bits per heavy atom. The van der Waals surface area contributed by atoms with Crippen molar-refractivity contribution >= 4 is 5.97 Å². The normalized spacial score (nSPS) is 29.3. The van der Waals surface area contributed by atoms with Crippen LogP contribution in [0.1, 0.15) is 33.6 Å². The van der Waals surface area contributed by atoms with E-state index in [2.05, 4.69) is 20.8 Å². The first-order valence-electron chi connectivity index (χ1n) is 4.94. The number of aliphatic hydroxyl groups excluding tert-OH is 1. The summed E-state index contributed by atoms with van der Waals surface area (Å²) >= 11 is 0. The molecule has 80 valence electrons. The number of carbonyl (C=O) groups excluding carboxylic acids is 1. The summed E-state index contributed by atoms with van der Waals surface area (Å²) < 4.78 is 5.07. The lowest BCUT2D eigenvalue weighted by atomic mass is 9.94. The van der Waals surface area contributed by atoms with Crippen LogP contribution in [0, 0.1) is 5.41 Å². The van der Waals surface area contributed by atoms with Crippen molar-refractivity contribution in [3.8, 4) is 0 Å². The van der Waals surface area contributed by atoms with Gasteiger partial charge in [-0.25, -0.2) is 0 Å². The number of cyclic esters (lactones) is 1. The molecule has 0 aromatic rings. The van der Waals surface area contributed by atoms with Gasteiger partial charge in [0, 0.05) is 6.42 Å². The minimum atomic E-state index is -0.550. The maximum absolute atomic E-state index is 11.0. The molecule has 0 saturated carbocycles. The Morgan fingerprint density at radius 1 is 1.50 bits per heavy atom. The lowest BCUT2D eigenvalue weighted by Gasteiger charge is -2.24. The van der Waals surface area contributed by atoms with Gasteiger partial charge in [0.1, 0.15) is 6.10 Å². The molecule has 1 aliphatic heterocycles. The van der Waals surface area contributed by atoms with E-state index in [0.29, 0.717) is 6.42 Å². The molecule has 0 amide bonds. The van der Waals surface area contributed by atoms with Crippen molar-refractivity contribution in [2.45, 2.75) is 45.8 Å². The van der Waals surface area contributed by atoms with Crippen LogP contribution in [0.2, 0.25) is 0 Å². The first-order valence-corrected chi connectivity index (χ1v) is 4.94. The smallest absolute Gasteiger partial charge is 0.309 e. The Bertz CT molecular complexity index is 237. The van der Waals surface area contributed by atoms with Gasteiger partial charge in [0.05, 0.1) is 12.5 Å². The molecule has 2 atom stereocenters. The lowest BCUT2D eigenvalue weighted by Crippen LogP contribution is -2.31. The summed E-state index contributed by atoms with van der Waals surface area (Å²) in [5, 5.41) is 9.34. The zero-order chi connectivity index (χ0) is 10.8. The van der Waals surface area contributed by atoms with Gasteiger partial charge in [-0.2, -0.15) is 0 Å². The highest BCUT2D eigenvalue weighted by molar-refractivity contribution is 5.71. The Kier molecular flexibility index (Phi) is 3.32. The van der Waals surface area contributed by atoms with E-state index < -0.39 is 6.10 Å². The molecule has 1 N–H and O–H groups in total. The monoisotopic (exact) mass is 198 g/mol. The van der Waals surface area contributed by atoms with Crippen LogP contribution in [0.3, 0.4) is 0 Å². The quantitative estimate of drug-likeness (QED) is 0.515. The molecular formula is C11H18O3. The zero-order valence-corrected chi connectivity index (χ0v) is 8.99. The lowest BCUT2D eigenvalue weighted by molar-refractivity contribution is -0.156. The number of aliphatic hydroxyl groups is 1. The molecule has 1 saturated heterocycles. The molecule has 0 aromatic carbocycles. The molecule has 1 aliphatic rings. The summed E-state index contributed by atoms with van der Waals surface area (Å²) in [6.07, 6.45) is 3.69. The zero-order valence-electron chi connectivity index (χ0n) is 8.99. The fourth-order valence-corrected chi connectivity index (χ4v) is 1.32. The van der Waals surface area contributed by atoms with Gasteiger partial charge in [-0.15, -0.1) is 0 Å². The van der Waals surface area contributed by atoms with Crippen molar-refractivity contribution < 1.29 is 14.6 Å². The second-order valence-electron chi connectivity index (χ2n) is 4.85. The van der Waals surface area contributed by atoms with Crippen LogP contribution < -0.4 is 0 Å². The molecule has 1 fully saturated rings. The molecule has 0 radical (unpaired) electrons. The predicted molar refractivity (Wildman–Crippen MR) is 53.7 cm³/mol. The fraction of sp³-hybridized carbons (Fsp3) is 0.727. The second kappa shape index (κ2) is 4.13. The minimum absolute atomic E-state index is 0.0782. The molecule has 3 nitrogen and oxygen atoms in total. The van der Waals surface area contributed by atoms with Gasteiger partial charge in [-0.3, -0.25) is 4.79 Å². The molecule has 0 aliphatic carbocycles.